The van der Waals surface area contributed by atoms with Crippen LogP contribution in [0.25, 0.3) is 0 Å². The molecule has 2 rings (SSSR count). The van der Waals surface area contributed by atoms with Gasteiger partial charge in [-0.25, -0.2) is 0 Å². The van der Waals surface area contributed by atoms with E-state index in [2.05, 4.69) is 34.7 Å². The van der Waals surface area contributed by atoms with E-state index in [9.17, 15) is 4.79 Å². The van der Waals surface area contributed by atoms with Crippen LogP contribution in [0.3, 0.4) is 0 Å². The maximum atomic E-state index is 11.9. The molecule has 0 aromatic carbocycles. The molecule has 0 unspecified atom stereocenters. The van der Waals surface area contributed by atoms with Gasteiger partial charge in [0.15, 0.2) is 5.96 Å². The van der Waals surface area contributed by atoms with E-state index in [4.69, 9.17) is 0 Å². The summed E-state index contributed by atoms with van der Waals surface area (Å²) in [6, 6.07) is 4.21. The second-order valence-corrected chi connectivity index (χ2v) is 6.25. The van der Waals surface area contributed by atoms with Gasteiger partial charge < -0.3 is 15.5 Å². The third kappa shape index (κ3) is 4.23. The van der Waals surface area contributed by atoms with E-state index in [-0.39, 0.29) is 5.91 Å². The number of thiophene rings is 1. The van der Waals surface area contributed by atoms with Crippen LogP contribution in [0.1, 0.15) is 22.6 Å². The summed E-state index contributed by atoms with van der Waals surface area (Å²) >= 11 is 1.76. The van der Waals surface area contributed by atoms with E-state index >= 15 is 0 Å². The molecule has 0 saturated carbocycles. The Bertz CT molecular complexity index is 477. The summed E-state index contributed by atoms with van der Waals surface area (Å²) in [7, 11) is 1.72. The van der Waals surface area contributed by atoms with Gasteiger partial charge in [-0.15, -0.1) is 11.3 Å². The van der Waals surface area contributed by atoms with Gasteiger partial charge in [0.2, 0.25) is 5.91 Å². The largest absolute Gasteiger partial charge is 0.352 e. The maximum Gasteiger partial charge on any atom is 0.241 e. The number of hydrogen-bond donors (Lipinski definition) is 2. The molecule has 5 nitrogen and oxygen atoms in total. The van der Waals surface area contributed by atoms with Crippen LogP contribution in [0.4, 0.5) is 0 Å². The highest BCUT2D eigenvalue weighted by molar-refractivity contribution is 7.11. The number of aliphatic imine (C=N–C) groups is 1. The van der Waals surface area contributed by atoms with Gasteiger partial charge >= 0.3 is 0 Å². The van der Waals surface area contributed by atoms with Crippen LogP contribution in [0.15, 0.2) is 17.1 Å². The molecular formula is C14H22N4OS. The van der Waals surface area contributed by atoms with E-state index in [1.54, 1.807) is 18.4 Å². The third-order valence-electron chi connectivity index (χ3n) is 3.32. The molecule has 2 N–H and O–H groups in total. The van der Waals surface area contributed by atoms with Crippen molar-refractivity contribution < 1.29 is 4.79 Å². The van der Waals surface area contributed by atoms with E-state index in [1.165, 1.54) is 9.75 Å². The maximum absolute atomic E-state index is 11.9. The lowest BCUT2D eigenvalue weighted by Crippen LogP contribution is -2.43. The van der Waals surface area contributed by atoms with Crippen molar-refractivity contribution in [3.8, 4) is 0 Å². The second-order valence-electron chi connectivity index (χ2n) is 4.88. The lowest BCUT2D eigenvalue weighted by atomic mass is 10.4. The summed E-state index contributed by atoms with van der Waals surface area (Å²) < 4.78 is 0. The number of hydrogen-bond acceptors (Lipinski definition) is 3. The van der Waals surface area contributed by atoms with E-state index in [0.717, 1.165) is 32.5 Å². The summed E-state index contributed by atoms with van der Waals surface area (Å²) in [4.78, 5) is 20.5. The number of aryl methyl sites for hydroxylation is 1. The molecule has 6 heteroatoms. The quantitative estimate of drug-likeness (QED) is 0.651. The van der Waals surface area contributed by atoms with Gasteiger partial charge in [0.05, 0.1) is 13.1 Å². The normalized spacial score (nSPS) is 15.5. The number of amides is 1. The first-order chi connectivity index (χ1) is 9.69. The Morgan fingerprint density at radius 1 is 1.35 bits per heavy atom. The Kier molecular flexibility index (Phi) is 5.40. The standard InChI is InChI=1S/C14H22N4OS/c1-11-5-6-12(20-11)9-16-14(15-2)17-10-13(19)18-7-3-4-8-18/h5-6H,3-4,7-10H2,1-2H3,(H2,15,16,17). The van der Waals surface area contributed by atoms with Gasteiger partial charge in [-0.2, -0.15) is 0 Å². The summed E-state index contributed by atoms with van der Waals surface area (Å²) in [6.45, 7) is 4.91. The molecule has 1 fully saturated rings. The average Bonchev–Trinajstić information content (AvgIpc) is 3.10. The molecule has 2 heterocycles. The van der Waals surface area contributed by atoms with Gasteiger partial charge in [0, 0.05) is 29.9 Å². The van der Waals surface area contributed by atoms with Gasteiger partial charge in [-0.3, -0.25) is 9.79 Å². The van der Waals surface area contributed by atoms with Gasteiger partial charge in [-0.05, 0) is 31.9 Å². The Hall–Kier alpha value is -1.56. The Morgan fingerprint density at radius 3 is 2.70 bits per heavy atom. The van der Waals surface area contributed by atoms with Crippen LogP contribution in [0.2, 0.25) is 0 Å². The molecule has 1 aliphatic heterocycles. The molecule has 1 amide bonds. The number of nitrogens with one attached hydrogen (secondary N) is 2. The highest BCUT2D eigenvalue weighted by Crippen LogP contribution is 2.14. The SMILES string of the molecule is CN=C(NCC(=O)N1CCCC1)NCc1ccc(C)s1. The van der Waals surface area contributed by atoms with Crippen molar-refractivity contribution in [3.05, 3.63) is 21.9 Å². The molecule has 1 saturated heterocycles. The van der Waals surface area contributed by atoms with Crippen molar-refractivity contribution >= 4 is 23.2 Å². The molecule has 110 valence electrons. The smallest absolute Gasteiger partial charge is 0.241 e. The minimum absolute atomic E-state index is 0.150. The fraction of sp³-hybridized carbons (Fsp3) is 0.571. The van der Waals surface area contributed by atoms with E-state index in [1.807, 2.05) is 4.90 Å². The highest BCUT2D eigenvalue weighted by Gasteiger charge is 2.17. The monoisotopic (exact) mass is 294 g/mol. The van der Waals surface area contributed by atoms with Crippen molar-refractivity contribution in [2.45, 2.75) is 26.3 Å². The van der Waals surface area contributed by atoms with Crippen molar-refractivity contribution in [2.24, 2.45) is 4.99 Å². The van der Waals surface area contributed by atoms with Crippen LogP contribution in [-0.4, -0.2) is 43.4 Å². The number of nitrogens with zero attached hydrogens (tertiary/aromatic N) is 2. The summed E-state index contributed by atoms with van der Waals surface area (Å²) in [5.74, 6) is 0.820. The predicted molar refractivity (Wildman–Crippen MR) is 83.1 cm³/mol. The van der Waals surface area contributed by atoms with Crippen molar-refractivity contribution in [1.82, 2.24) is 15.5 Å². The van der Waals surface area contributed by atoms with Crippen LogP contribution < -0.4 is 10.6 Å². The van der Waals surface area contributed by atoms with Crippen molar-refractivity contribution in [2.75, 3.05) is 26.7 Å². The molecule has 0 aliphatic carbocycles. The van der Waals surface area contributed by atoms with Crippen LogP contribution >= 0.6 is 11.3 Å². The Labute approximate surface area is 124 Å². The first-order valence-electron chi connectivity index (χ1n) is 6.96. The Morgan fingerprint density at radius 2 is 2.10 bits per heavy atom. The Balaban J connectivity index is 1.73. The molecule has 0 radical (unpaired) electrons. The minimum Gasteiger partial charge on any atom is -0.352 e. The van der Waals surface area contributed by atoms with Crippen LogP contribution in [0.5, 0.6) is 0 Å². The lowest BCUT2D eigenvalue weighted by Gasteiger charge is -2.17. The molecule has 0 atom stereocenters. The van der Waals surface area contributed by atoms with Gasteiger partial charge in [0.25, 0.3) is 0 Å². The minimum atomic E-state index is 0.150. The molecular weight excluding hydrogens is 272 g/mol. The molecule has 1 aliphatic rings. The topological polar surface area (TPSA) is 56.7 Å². The summed E-state index contributed by atoms with van der Waals surface area (Å²) in [5, 5.41) is 6.30. The summed E-state index contributed by atoms with van der Waals surface area (Å²) in [6.07, 6.45) is 2.24. The fourth-order valence-electron chi connectivity index (χ4n) is 2.21. The molecule has 0 bridgehead atoms. The highest BCUT2D eigenvalue weighted by atomic mass is 32.1. The number of carbonyl (C=O) groups excluding carboxylic acids is 1. The van der Waals surface area contributed by atoms with Crippen molar-refractivity contribution in [1.29, 1.82) is 0 Å². The zero-order chi connectivity index (χ0) is 14.4. The zero-order valence-corrected chi connectivity index (χ0v) is 12.9. The average molecular weight is 294 g/mol. The fourth-order valence-corrected chi connectivity index (χ4v) is 3.04. The van der Waals surface area contributed by atoms with Crippen LogP contribution in [-0.2, 0) is 11.3 Å². The molecule has 0 spiro atoms. The van der Waals surface area contributed by atoms with Crippen LogP contribution in [0, 0.1) is 6.92 Å². The number of carbonyl (C=O) groups is 1. The first kappa shape index (κ1) is 14.8. The van der Waals surface area contributed by atoms with E-state index in [0.29, 0.717) is 12.5 Å². The number of likely N-dealkylation sites (tertiary alicyclic amines) is 1. The molecule has 1 aromatic heterocycles. The van der Waals surface area contributed by atoms with Gasteiger partial charge in [-0.1, -0.05) is 0 Å². The van der Waals surface area contributed by atoms with Gasteiger partial charge in [0.1, 0.15) is 0 Å². The number of guanidine groups is 1. The predicted octanol–water partition coefficient (Wildman–Crippen LogP) is 1.34. The number of rotatable bonds is 4. The zero-order valence-electron chi connectivity index (χ0n) is 12.1. The molecule has 1 aromatic rings. The molecule has 20 heavy (non-hydrogen) atoms. The second kappa shape index (κ2) is 7.28. The summed E-state index contributed by atoms with van der Waals surface area (Å²) in [5.41, 5.74) is 0. The lowest BCUT2D eigenvalue weighted by molar-refractivity contribution is -0.128. The first-order valence-corrected chi connectivity index (χ1v) is 7.78. The third-order valence-corrected chi connectivity index (χ3v) is 4.32. The van der Waals surface area contributed by atoms with E-state index < -0.39 is 0 Å². The van der Waals surface area contributed by atoms with Crippen molar-refractivity contribution in [3.63, 3.8) is 0 Å².